The normalized spacial score (nSPS) is 28.1. The maximum absolute atomic E-state index is 11.6. The van der Waals surface area contributed by atoms with Crippen LogP contribution in [-0.2, 0) is 4.79 Å². The van der Waals surface area contributed by atoms with E-state index in [4.69, 9.17) is 0 Å². The highest BCUT2D eigenvalue weighted by Crippen LogP contribution is 2.18. The van der Waals surface area contributed by atoms with Crippen LogP contribution in [0.5, 0.6) is 0 Å². The van der Waals surface area contributed by atoms with E-state index in [9.17, 15) is 4.79 Å². The molecule has 1 saturated heterocycles. The van der Waals surface area contributed by atoms with Gasteiger partial charge in [0.05, 0.1) is 0 Å². The van der Waals surface area contributed by atoms with E-state index in [-0.39, 0.29) is 5.91 Å². The summed E-state index contributed by atoms with van der Waals surface area (Å²) >= 11 is 0. The third-order valence-electron chi connectivity index (χ3n) is 3.31. The average Bonchev–Trinajstić information content (AvgIpc) is 2.13. The van der Waals surface area contributed by atoms with Crippen LogP contribution in [0.2, 0.25) is 0 Å². The number of carbonyl (C=O) groups is 1. The van der Waals surface area contributed by atoms with Gasteiger partial charge in [-0.1, -0.05) is 6.42 Å². The van der Waals surface area contributed by atoms with E-state index in [2.05, 4.69) is 10.6 Å². The molecule has 0 spiro atoms. The number of nitrogens with one attached hydrogen (secondary N) is 2. The monoisotopic (exact) mass is 196 g/mol. The maximum atomic E-state index is 11.6. The molecular formula is C11H20N2O. The molecule has 2 aliphatic rings. The zero-order valence-corrected chi connectivity index (χ0v) is 8.72. The fourth-order valence-electron chi connectivity index (χ4n) is 2.16. The Morgan fingerprint density at radius 1 is 1.21 bits per heavy atom. The first kappa shape index (κ1) is 9.97. The van der Waals surface area contributed by atoms with Crippen LogP contribution >= 0.6 is 0 Å². The average molecular weight is 196 g/mol. The number of rotatable bonds is 3. The molecule has 3 heteroatoms. The molecule has 0 aromatic carbocycles. The van der Waals surface area contributed by atoms with Gasteiger partial charge in [-0.2, -0.15) is 0 Å². The molecule has 1 saturated carbocycles. The van der Waals surface area contributed by atoms with Gasteiger partial charge in [0.15, 0.2) is 0 Å². The molecule has 0 radical (unpaired) electrons. The molecule has 2 N–H and O–H groups in total. The fourth-order valence-corrected chi connectivity index (χ4v) is 2.16. The SMILES string of the molecule is O=C(CC1CCCCN1)NC1CCC1. The van der Waals surface area contributed by atoms with E-state index in [1.54, 1.807) is 0 Å². The summed E-state index contributed by atoms with van der Waals surface area (Å²) in [5.41, 5.74) is 0. The van der Waals surface area contributed by atoms with Crippen LogP contribution in [-0.4, -0.2) is 24.5 Å². The molecule has 0 aromatic rings. The molecule has 1 unspecified atom stereocenters. The fraction of sp³-hybridized carbons (Fsp3) is 0.909. The summed E-state index contributed by atoms with van der Waals surface area (Å²) in [6.07, 6.45) is 8.03. The van der Waals surface area contributed by atoms with Crippen LogP contribution in [0.3, 0.4) is 0 Å². The molecule has 1 aliphatic carbocycles. The summed E-state index contributed by atoms with van der Waals surface area (Å²) in [6.45, 7) is 1.08. The van der Waals surface area contributed by atoms with Crippen molar-refractivity contribution in [2.24, 2.45) is 0 Å². The smallest absolute Gasteiger partial charge is 0.221 e. The number of piperidine rings is 1. The first-order chi connectivity index (χ1) is 6.84. The Morgan fingerprint density at radius 3 is 2.64 bits per heavy atom. The standard InChI is InChI=1S/C11H20N2O/c14-11(13-9-5-3-6-9)8-10-4-1-2-7-12-10/h9-10,12H,1-8H2,(H,13,14). The van der Waals surface area contributed by atoms with Crippen molar-refractivity contribution in [3.05, 3.63) is 0 Å². The third-order valence-corrected chi connectivity index (χ3v) is 3.31. The minimum absolute atomic E-state index is 0.245. The second-order valence-electron chi connectivity index (χ2n) is 4.55. The largest absolute Gasteiger partial charge is 0.353 e. The predicted molar refractivity (Wildman–Crippen MR) is 56.0 cm³/mol. The molecule has 1 aliphatic heterocycles. The Kier molecular flexibility index (Phi) is 3.40. The van der Waals surface area contributed by atoms with Gasteiger partial charge in [0, 0.05) is 18.5 Å². The van der Waals surface area contributed by atoms with Gasteiger partial charge >= 0.3 is 0 Å². The maximum Gasteiger partial charge on any atom is 0.221 e. The molecule has 1 heterocycles. The van der Waals surface area contributed by atoms with Crippen molar-refractivity contribution in [3.8, 4) is 0 Å². The van der Waals surface area contributed by atoms with Gasteiger partial charge < -0.3 is 10.6 Å². The van der Waals surface area contributed by atoms with Crippen LogP contribution in [0.1, 0.15) is 44.9 Å². The molecule has 1 atom stereocenters. The van der Waals surface area contributed by atoms with Gasteiger partial charge in [0.1, 0.15) is 0 Å². The molecule has 3 nitrogen and oxygen atoms in total. The second-order valence-corrected chi connectivity index (χ2v) is 4.55. The molecule has 0 aromatic heterocycles. The number of hydrogen-bond acceptors (Lipinski definition) is 2. The Morgan fingerprint density at radius 2 is 2.07 bits per heavy atom. The Bertz CT molecular complexity index is 195. The highest BCUT2D eigenvalue weighted by atomic mass is 16.1. The van der Waals surface area contributed by atoms with Gasteiger partial charge in [0.2, 0.25) is 5.91 Å². The molecule has 2 fully saturated rings. The van der Waals surface area contributed by atoms with Crippen molar-refractivity contribution in [2.75, 3.05) is 6.54 Å². The summed E-state index contributed by atoms with van der Waals surface area (Å²) in [4.78, 5) is 11.6. The first-order valence-corrected chi connectivity index (χ1v) is 5.87. The van der Waals surface area contributed by atoms with E-state index >= 15 is 0 Å². The van der Waals surface area contributed by atoms with Crippen LogP contribution in [0.15, 0.2) is 0 Å². The van der Waals surface area contributed by atoms with Crippen LogP contribution in [0.25, 0.3) is 0 Å². The quantitative estimate of drug-likeness (QED) is 0.712. The molecule has 0 bridgehead atoms. The number of amides is 1. The Hall–Kier alpha value is -0.570. The van der Waals surface area contributed by atoms with Crippen molar-refractivity contribution in [3.63, 3.8) is 0 Å². The van der Waals surface area contributed by atoms with Gasteiger partial charge in [-0.05, 0) is 38.6 Å². The zero-order chi connectivity index (χ0) is 9.80. The summed E-state index contributed by atoms with van der Waals surface area (Å²) in [7, 11) is 0. The van der Waals surface area contributed by atoms with Crippen molar-refractivity contribution in [1.29, 1.82) is 0 Å². The van der Waals surface area contributed by atoms with Crippen LogP contribution in [0.4, 0.5) is 0 Å². The minimum Gasteiger partial charge on any atom is -0.353 e. The summed E-state index contributed by atoms with van der Waals surface area (Å²) in [6, 6.07) is 0.926. The van der Waals surface area contributed by atoms with Crippen molar-refractivity contribution >= 4 is 5.91 Å². The topological polar surface area (TPSA) is 41.1 Å². The highest BCUT2D eigenvalue weighted by molar-refractivity contribution is 5.77. The molecule has 80 valence electrons. The van der Waals surface area contributed by atoms with Gasteiger partial charge in [-0.3, -0.25) is 4.79 Å². The first-order valence-electron chi connectivity index (χ1n) is 5.87. The molecule has 2 rings (SSSR count). The molecule has 14 heavy (non-hydrogen) atoms. The lowest BCUT2D eigenvalue weighted by Crippen LogP contribution is -2.43. The van der Waals surface area contributed by atoms with E-state index in [1.807, 2.05) is 0 Å². The van der Waals surface area contributed by atoms with Crippen molar-refractivity contribution < 1.29 is 4.79 Å². The van der Waals surface area contributed by atoms with Crippen LogP contribution in [0, 0.1) is 0 Å². The number of hydrogen-bond donors (Lipinski definition) is 2. The van der Waals surface area contributed by atoms with Crippen molar-refractivity contribution in [2.45, 2.75) is 57.0 Å². The Balaban J connectivity index is 1.64. The second kappa shape index (κ2) is 4.78. The lowest BCUT2D eigenvalue weighted by Gasteiger charge is -2.28. The lowest BCUT2D eigenvalue weighted by molar-refractivity contribution is -0.122. The van der Waals surface area contributed by atoms with E-state index in [0.717, 1.165) is 13.0 Å². The highest BCUT2D eigenvalue weighted by Gasteiger charge is 2.21. The van der Waals surface area contributed by atoms with E-state index in [1.165, 1.54) is 32.1 Å². The molecular weight excluding hydrogens is 176 g/mol. The van der Waals surface area contributed by atoms with E-state index in [0.29, 0.717) is 18.5 Å². The van der Waals surface area contributed by atoms with Crippen molar-refractivity contribution in [1.82, 2.24) is 10.6 Å². The summed E-state index contributed by atoms with van der Waals surface area (Å²) < 4.78 is 0. The minimum atomic E-state index is 0.245. The zero-order valence-electron chi connectivity index (χ0n) is 8.72. The predicted octanol–water partition coefficient (Wildman–Crippen LogP) is 1.19. The summed E-state index contributed by atoms with van der Waals surface area (Å²) in [5, 5.41) is 6.48. The molecule has 1 amide bonds. The lowest BCUT2D eigenvalue weighted by atomic mass is 9.92. The third kappa shape index (κ3) is 2.71. The van der Waals surface area contributed by atoms with E-state index < -0.39 is 0 Å². The number of carbonyl (C=O) groups excluding carboxylic acids is 1. The summed E-state index contributed by atoms with van der Waals surface area (Å²) in [5.74, 6) is 0.245. The van der Waals surface area contributed by atoms with Gasteiger partial charge in [-0.25, -0.2) is 0 Å². The van der Waals surface area contributed by atoms with Gasteiger partial charge in [0.25, 0.3) is 0 Å². The van der Waals surface area contributed by atoms with Crippen LogP contribution < -0.4 is 10.6 Å². The Labute approximate surface area is 85.6 Å². The van der Waals surface area contributed by atoms with Gasteiger partial charge in [-0.15, -0.1) is 0 Å².